The average molecular weight is 839 g/mol. The summed E-state index contributed by atoms with van der Waals surface area (Å²) in [5.41, 5.74) is 5.05. The van der Waals surface area contributed by atoms with Crippen molar-refractivity contribution in [2.75, 3.05) is 6.61 Å². The minimum atomic E-state index is -1.12. The van der Waals surface area contributed by atoms with E-state index in [0.717, 1.165) is 41.6 Å². The molecule has 3 rings (SSSR count). The van der Waals surface area contributed by atoms with Gasteiger partial charge in [-0.15, -0.1) is 5.73 Å². The third kappa shape index (κ3) is 16.4. The third-order valence-electron chi connectivity index (χ3n) is 12.2. The zero-order valence-corrected chi connectivity index (χ0v) is 39.5. The van der Waals surface area contributed by atoms with Crippen molar-refractivity contribution >= 4 is 11.9 Å². The van der Waals surface area contributed by atoms with Gasteiger partial charge < -0.3 is 24.4 Å². The predicted octanol–water partition coefficient (Wildman–Crippen LogP) is 12.2. The molecule has 0 spiro atoms. The van der Waals surface area contributed by atoms with Gasteiger partial charge in [0.05, 0.1) is 11.7 Å². The van der Waals surface area contributed by atoms with Crippen LogP contribution >= 0.6 is 0 Å². The number of aliphatic hydroxyl groups is 2. The minimum absolute atomic E-state index is 0.103. The second-order valence-corrected chi connectivity index (χ2v) is 19.4. The molecule has 7 heteroatoms. The van der Waals surface area contributed by atoms with Gasteiger partial charge in [0.25, 0.3) is 0 Å². The maximum absolute atomic E-state index is 12.7. The van der Waals surface area contributed by atoms with E-state index >= 15 is 0 Å². The Kier molecular flexibility index (Phi) is 19.8. The Balaban J connectivity index is 1.62. The summed E-state index contributed by atoms with van der Waals surface area (Å²) in [4.78, 5) is 24.2. The Hall–Kier alpha value is -3.92. The van der Waals surface area contributed by atoms with E-state index in [1.807, 2.05) is 94.5 Å². The van der Waals surface area contributed by atoms with Crippen molar-refractivity contribution in [1.82, 2.24) is 0 Å². The van der Waals surface area contributed by atoms with Crippen LogP contribution in [0.3, 0.4) is 0 Å². The highest BCUT2D eigenvalue weighted by Gasteiger charge is 2.75. The highest BCUT2D eigenvalue weighted by molar-refractivity contribution is 5.69. The zero-order valence-electron chi connectivity index (χ0n) is 39.5. The van der Waals surface area contributed by atoms with Gasteiger partial charge in [-0.2, -0.15) is 0 Å². The summed E-state index contributed by atoms with van der Waals surface area (Å²) >= 11 is 0. The highest BCUT2D eigenvalue weighted by Crippen LogP contribution is 2.65. The second-order valence-electron chi connectivity index (χ2n) is 19.4. The van der Waals surface area contributed by atoms with Crippen molar-refractivity contribution in [2.24, 2.45) is 10.8 Å². The molecule has 0 radical (unpaired) electrons. The first kappa shape index (κ1) is 51.4. The second kappa shape index (κ2) is 23.5. The van der Waals surface area contributed by atoms with E-state index in [9.17, 15) is 19.8 Å². The number of carbonyl (C=O) groups excluding carboxylic acids is 2. The van der Waals surface area contributed by atoms with Gasteiger partial charge in [0.1, 0.15) is 18.3 Å². The summed E-state index contributed by atoms with van der Waals surface area (Å²) in [5, 5.41) is 21.7. The molecule has 2 saturated carbocycles. The highest BCUT2D eigenvalue weighted by atomic mass is 16.6. The lowest BCUT2D eigenvalue weighted by Crippen LogP contribution is -2.46. The fraction of sp³-hybridized carbons (Fsp3) is 0.611. The Morgan fingerprint density at radius 1 is 0.754 bits per heavy atom. The normalized spacial score (nSPS) is 27.7. The molecule has 5 atom stereocenters. The minimum Gasteiger partial charge on any atom is -0.462 e. The molecule has 3 aliphatic rings. The van der Waals surface area contributed by atoms with Crippen molar-refractivity contribution in [3.05, 3.63) is 100 Å². The summed E-state index contributed by atoms with van der Waals surface area (Å²) < 4.78 is 17.5. The number of hydrogen-bond acceptors (Lipinski definition) is 7. The van der Waals surface area contributed by atoms with Gasteiger partial charge in [-0.1, -0.05) is 164 Å². The monoisotopic (exact) mass is 839 g/mol. The standard InChI is InChI=1S/C54H78O7/c1-12-13-14-15-16-17-18-19-20-31-49(57)59-40-45(34-35-54-51(8,9)36-46(56)37-53(54,11)61-54)30-24-29-42(3)26-22-21-25-41(2)27-23-28-43(4)32-33-48-50(6,7)38-47(60-44(5)55)39-52(48,10)58/h21-30,32,46-47,56,58H,12-20,31,36-40H2,1-11H3/b22-21+,27-23+,29-24+,41-25+,42-26+,43-28+,45-30-/t33?,46-,47-,52+,53+,54-/m0/s1. The molecule has 1 saturated heterocycles. The summed E-state index contributed by atoms with van der Waals surface area (Å²) in [7, 11) is 0. The van der Waals surface area contributed by atoms with E-state index in [4.69, 9.17) is 14.2 Å². The predicted molar refractivity (Wildman–Crippen MR) is 249 cm³/mol. The van der Waals surface area contributed by atoms with E-state index in [1.54, 1.807) is 6.92 Å². The van der Waals surface area contributed by atoms with Gasteiger partial charge in [0.2, 0.25) is 0 Å². The largest absolute Gasteiger partial charge is 0.462 e. The van der Waals surface area contributed by atoms with Crippen LogP contribution in [0.5, 0.6) is 0 Å². The van der Waals surface area contributed by atoms with Crippen LogP contribution < -0.4 is 0 Å². The summed E-state index contributed by atoms with van der Waals surface area (Å²) in [6, 6.07) is 0. The van der Waals surface area contributed by atoms with E-state index in [1.165, 1.54) is 45.4 Å². The van der Waals surface area contributed by atoms with Gasteiger partial charge in [0, 0.05) is 42.7 Å². The van der Waals surface area contributed by atoms with Crippen LogP contribution in [0.4, 0.5) is 0 Å². The SMILES string of the molecule is CCCCCCCCCCCC(=O)OC\C(C#C[C@@]12O[C@]1(C)C[C@@H](O)CC2(C)C)=C/C=C/C(C)=C/C=C/C=C(C)/C=C/C=C(\C)C=C=C1C(C)(C)C[C@H](OC(C)=O)C[C@@]1(C)O. The lowest BCUT2D eigenvalue weighted by molar-refractivity contribution is -0.152. The lowest BCUT2D eigenvalue weighted by atomic mass is 9.63. The molecule has 7 nitrogen and oxygen atoms in total. The van der Waals surface area contributed by atoms with Crippen LogP contribution in [-0.4, -0.2) is 57.8 Å². The molecule has 336 valence electrons. The van der Waals surface area contributed by atoms with E-state index < -0.39 is 22.9 Å². The Bertz CT molecular complexity index is 1840. The smallest absolute Gasteiger partial charge is 0.306 e. The fourth-order valence-electron chi connectivity index (χ4n) is 9.15. The molecule has 0 amide bonds. The van der Waals surface area contributed by atoms with Crippen LogP contribution in [-0.2, 0) is 23.8 Å². The molecular formula is C54H78O7. The van der Waals surface area contributed by atoms with Gasteiger partial charge in [-0.05, 0) is 77.0 Å². The van der Waals surface area contributed by atoms with Crippen LogP contribution in [0.2, 0.25) is 0 Å². The summed E-state index contributed by atoms with van der Waals surface area (Å²) in [6.45, 7) is 21.9. The molecule has 0 unspecified atom stereocenters. The molecule has 0 aromatic carbocycles. The number of rotatable bonds is 20. The van der Waals surface area contributed by atoms with Gasteiger partial charge >= 0.3 is 11.9 Å². The number of aliphatic hydroxyl groups excluding tert-OH is 1. The van der Waals surface area contributed by atoms with Crippen LogP contribution in [0, 0.1) is 22.7 Å². The molecule has 2 aliphatic carbocycles. The first-order valence-electron chi connectivity index (χ1n) is 22.8. The number of carbonyl (C=O) groups is 2. The number of allylic oxidation sites excluding steroid dienone is 13. The van der Waals surface area contributed by atoms with Gasteiger partial charge in [-0.25, -0.2) is 0 Å². The first-order valence-corrected chi connectivity index (χ1v) is 22.8. The Morgan fingerprint density at radius 3 is 1.90 bits per heavy atom. The number of ether oxygens (including phenoxy) is 3. The molecule has 1 aliphatic heterocycles. The van der Waals surface area contributed by atoms with E-state index in [0.29, 0.717) is 37.7 Å². The van der Waals surface area contributed by atoms with Crippen molar-refractivity contribution in [3.8, 4) is 11.8 Å². The first-order chi connectivity index (χ1) is 28.6. The fourth-order valence-corrected chi connectivity index (χ4v) is 9.15. The Labute approximate surface area is 369 Å². The number of fused-ring (bicyclic) bond motifs is 1. The third-order valence-corrected chi connectivity index (χ3v) is 12.2. The molecule has 1 heterocycles. The van der Waals surface area contributed by atoms with E-state index in [-0.39, 0.29) is 35.5 Å². The number of unbranched alkanes of at least 4 members (excludes halogenated alkanes) is 8. The van der Waals surface area contributed by atoms with Crippen LogP contribution in [0.25, 0.3) is 0 Å². The van der Waals surface area contributed by atoms with Crippen LogP contribution in [0.1, 0.15) is 166 Å². The average Bonchev–Trinajstić information content (AvgIpc) is 3.77. The van der Waals surface area contributed by atoms with E-state index in [2.05, 4.69) is 52.2 Å². The molecule has 61 heavy (non-hydrogen) atoms. The van der Waals surface area contributed by atoms with Crippen molar-refractivity contribution in [1.29, 1.82) is 0 Å². The van der Waals surface area contributed by atoms with Gasteiger partial charge in [0.15, 0.2) is 5.60 Å². The number of epoxide rings is 1. The summed E-state index contributed by atoms with van der Waals surface area (Å²) in [5.74, 6) is 6.22. The summed E-state index contributed by atoms with van der Waals surface area (Å²) in [6.07, 6.45) is 34.5. The number of esters is 2. The Morgan fingerprint density at radius 2 is 1.33 bits per heavy atom. The quantitative estimate of drug-likeness (QED) is 0.0314. The van der Waals surface area contributed by atoms with Crippen molar-refractivity contribution in [3.63, 3.8) is 0 Å². The molecule has 0 aromatic rings. The lowest BCUT2D eigenvalue weighted by Gasteiger charge is -2.44. The molecule has 2 N–H and O–H groups in total. The topological polar surface area (TPSA) is 106 Å². The molecular weight excluding hydrogens is 761 g/mol. The van der Waals surface area contributed by atoms with Crippen molar-refractivity contribution < 1.29 is 34.0 Å². The molecule has 0 bridgehead atoms. The zero-order chi connectivity index (χ0) is 45.3. The van der Waals surface area contributed by atoms with Crippen molar-refractivity contribution in [2.45, 2.75) is 195 Å². The van der Waals surface area contributed by atoms with Crippen LogP contribution in [0.15, 0.2) is 100 Å². The molecule has 0 aromatic heterocycles. The maximum atomic E-state index is 12.7. The van der Waals surface area contributed by atoms with Gasteiger partial charge in [-0.3, -0.25) is 9.59 Å². The maximum Gasteiger partial charge on any atom is 0.306 e. The molecule has 3 fully saturated rings. The number of hydrogen-bond donors (Lipinski definition) is 2.